The standard InChI is InChI=1S/C10H12N4O2/c11-4-7-6-14(10(16)13-9(7)15)8-2-1-3-12-5-8/h6,8,12H,1-3,5H2,(H,13,15,16)/t8-/m0/s1. The van der Waals surface area contributed by atoms with Gasteiger partial charge in [-0.15, -0.1) is 0 Å². The van der Waals surface area contributed by atoms with Gasteiger partial charge in [0, 0.05) is 12.7 Å². The van der Waals surface area contributed by atoms with E-state index in [2.05, 4.69) is 10.3 Å². The molecule has 2 rings (SSSR count). The van der Waals surface area contributed by atoms with Gasteiger partial charge in [0.15, 0.2) is 0 Å². The van der Waals surface area contributed by atoms with E-state index in [1.807, 2.05) is 0 Å². The molecule has 6 nitrogen and oxygen atoms in total. The molecule has 6 heteroatoms. The van der Waals surface area contributed by atoms with E-state index in [1.165, 1.54) is 10.8 Å². The third-order valence-corrected chi connectivity index (χ3v) is 2.75. The largest absolute Gasteiger partial charge is 0.328 e. The van der Waals surface area contributed by atoms with Crippen LogP contribution in [0.25, 0.3) is 0 Å². The first-order valence-electron chi connectivity index (χ1n) is 5.18. The van der Waals surface area contributed by atoms with Gasteiger partial charge in [-0.2, -0.15) is 5.26 Å². The molecule has 1 fully saturated rings. The van der Waals surface area contributed by atoms with Gasteiger partial charge in [0.25, 0.3) is 5.56 Å². The van der Waals surface area contributed by atoms with Crippen LogP contribution in [0, 0.1) is 11.3 Å². The molecule has 1 aromatic rings. The van der Waals surface area contributed by atoms with Gasteiger partial charge in [-0.1, -0.05) is 0 Å². The number of aromatic amines is 1. The normalized spacial score (nSPS) is 20.3. The molecular formula is C10H12N4O2. The van der Waals surface area contributed by atoms with Gasteiger partial charge >= 0.3 is 5.69 Å². The fourth-order valence-corrected chi connectivity index (χ4v) is 1.91. The van der Waals surface area contributed by atoms with Crippen LogP contribution in [0.2, 0.25) is 0 Å². The molecule has 1 aliphatic rings. The van der Waals surface area contributed by atoms with E-state index < -0.39 is 11.2 Å². The third-order valence-electron chi connectivity index (χ3n) is 2.75. The van der Waals surface area contributed by atoms with E-state index in [1.54, 1.807) is 6.07 Å². The second-order valence-electron chi connectivity index (χ2n) is 3.82. The topological polar surface area (TPSA) is 90.7 Å². The van der Waals surface area contributed by atoms with Gasteiger partial charge in [0.1, 0.15) is 11.6 Å². The van der Waals surface area contributed by atoms with E-state index in [4.69, 9.17) is 5.26 Å². The molecule has 0 spiro atoms. The number of nitriles is 1. The lowest BCUT2D eigenvalue weighted by Gasteiger charge is -2.24. The zero-order valence-corrected chi connectivity index (χ0v) is 8.69. The molecule has 2 N–H and O–H groups in total. The Kier molecular flexibility index (Phi) is 2.88. The van der Waals surface area contributed by atoms with Crippen molar-refractivity contribution in [2.75, 3.05) is 13.1 Å². The number of piperidine rings is 1. The van der Waals surface area contributed by atoms with Gasteiger partial charge < -0.3 is 5.32 Å². The molecule has 0 amide bonds. The smallest absolute Gasteiger partial charge is 0.315 e. The van der Waals surface area contributed by atoms with Crippen molar-refractivity contribution in [3.05, 3.63) is 32.6 Å². The summed E-state index contributed by atoms with van der Waals surface area (Å²) in [4.78, 5) is 24.9. The Labute approximate surface area is 91.5 Å². The molecule has 1 saturated heterocycles. The summed E-state index contributed by atoms with van der Waals surface area (Å²) in [6.45, 7) is 1.64. The second-order valence-corrected chi connectivity index (χ2v) is 3.82. The quantitative estimate of drug-likeness (QED) is 0.657. The Morgan fingerprint density at radius 2 is 2.31 bits per heavy atom. The van der Waals surface area contributed by atoms with Gasteiger partial charge in [0.05, 0.1) is 6.04 Å². The summed E-state index contributed by atoms with van der Waals surface area (Å²) in [6, 6.07) is 1.80. The lowest BCUT2D eigenvalue weighted by atomic mass is 10.1. The van der Waals surface area contributed by atoms with Crippen molar-refractivity contribution in [3.63, 3.8) is 0 Å². The van der Waals surface area contributed by atoms with E-state index in [0.29, 0.717) is 6.54 Å². The van der Waals surface area contributed by atoms with Crippen LogP contribution in [0.5, 0.6) is 0 Å². The highest BCUT2D eigenvalue weighted by molar-refractivity contribution is 5.21. The summed E-state index contributed by atoms with van der Waals surface area (Å²) in [7, 11) is 0. The van der Waals surface area contributed by atoms with Crippen LogP contribution < -0.4 is 16.6 Å². The summed E-state index contributed by atoms with van der Waals surface area (Å²) < 4.78 is 1.44. The maximum atomic E-state index is 11.6. The average Bonchev–Trinajstić information content (AvgIpc) is 2.30. The molecule has 1 aromatic heterocycles. The molecule has 16 heavy (non-hydrogen) atoms. The number of H-pyrrole nitrogens is 1. The Morgan fingerprint density at radius 1 is 1.50 bits per heavy atom. The van der Waals surface area contributed by atoms with Crippen LogP contribution >= 0.6 is 0 Å². The highest BCUT2D eigenvalue weighted by atomic mass is 16.2. The Hall–Kier alpha value is -1.87. The molecule has 0 aliphatic carbocycles. The number of nitrogens with one attached hydrogen (secondary N) is 2. The van der Waals surface area contributed by atoms with Crippen LogP contribution in [-0.4, -0.2) is 22.6 Å². The summed E-state index contributed by atoms with van der Waals surface area (Å²) in [6.07, 6.45) is 3.21. The van der Waals surface area contributed by atoms with E-state index in [9.17, 15) is 9.59 Å². The van der Waals surface area contributed by atoms with Crippen molar-refractivity contribution in [2.45, 2.75) is 18.9 Å². The maximum absolute atomic E-state index is 11.6. The minimum Gasteiger partial charge on any atom is -0.315 e. The zero-order chi connectivity index (χ0) is 11.5. The van der Waals surface area contributed by atoms with Crippen molar-refractivity contribution < 1.29 is 0 Å². The van der Waals surface area contributed by atoms with Crippen LogP contribution in [-0.2, 0) is 0 Å². The number of nitrogens with zero attached hydrogens (tertiary/aromatic N) is 2. The zero-order valence-electron chi connectivity index (χ0n) is 8.69. The minimum atomic E-state index is -0.618. The number of rotatable bonds is 1. The van der Waals surface area contributed by atoms with Crippen LogP contribution in [0.1, 0.15) is 24.4 Å². The Bertz CT molecular complexity index is 531. The number of hydrogen-bond donors (Lipinski definition) is 2. The molecular weight excluding hydrogens is 208 g/mol. The second kappa shape index (κ2) is 4.33. The highest BCUT2D eigenvalue weighted by Crippen LogP contribution is 2.13. The fraction of sp³-hybridized carbons (Fsp3) is 0.500. The predicted molar refractivity (Wildman–Crippen MR) is 57.2 cm³/mol. The molecule has 1 atom stereocenters. The summed E-state index contributed by atoms with van der Waals surface area (Å²) in [5, 5.41) is 11.9. The van der Waals surface area contributed by atoms with Crippen molar-refractivity contribution in [2.24, 2.45) is 0 Å². The highest BCUT2D eigenvalue weighted by Gasteiger charge is 2.17. The van der Waals surface area contributed by atoms with Crippen molar-refractivity contribution >= 4 is 0 Å². The monoisotopic (exact) mass is 220 g/mol. The van der Waals surface area contributed by atoms with Crippen molar-refractivity contribution in [3.8, 4) is 6.07 Å². The summed E-state index contributed by atoms with van der Waals surface area (Å²) in [5.41, 5.74) is -1.09. The average molecular weight is 220 g/mol. The summed E-state index contributed by atoms with van der Waals surface area (Å²) in [5.74, 6) is 0. The third kappa shape index (κ3) is 1.90. The van der Waals surface area contributed by atoms with E-state index >= 15 is 0 Å². The molecule has 0 saturated carbocycles. The molecule has 2 heterocycles. The molecule has 0 aromatic carbocycles. The summed E-state index contributed by atoms with van der Waals surface area (Å²) >= 11 is 0. The van der Waals surface area contributed by atoms with Gasteiger partial charge in [-0.25, -0.2) is 4.79 Å². The predicted octanol–water partition coefficient (Wildman–Crippen LogP) is -0.667. The first kappa shape index (κ1) is 10.6. The number of aromatic nitrogens is 2. The van der Waals surface area contributed by atoms with Gasteiger partial charge in [-0.05, 0) is 19.4 Å². The lowest BCUT2D eigenvalue weighted by molar-refractivity contribution is 0.359. The Morgan fingerprint density at radius 3 is 2.94 bits per heavy atom. The molecule has 0 unspecified atom stereocenters. The molecule has 84 valence electrons. The van der Waals surface area contributed by atoms with Gasteiger partial charge in [-0.3, -0.25) is 14.3 Å². The van der Waals surface area contributed by atoms with E-state index in [-0.39, 0.29) is 11.6 Å². The van der Waals surface area contributed by atoms with Crippen LogP contribution in [0.4, 0.5) is 0 Å². The molecule has 0 bridgehead atoms. The first-order chi connectivity index (χ1) is 7.72. The lowest BCUT2D eigenvalue weighted by Crippen LogP contribution is -2.39. The molecule has 0 radical (unpaired) electrons. The number of hydrogen-bond acceptors (Lipinski definition) is 4. The van der Waals surface area contributed by atoms with Crippen molar-refractivity contribution in [1.82, 2.24) is 14.9 Å². The van der Waals surface area contributed by atoms with Crippen LogP contribution in [0.3, 0.4) is 0 Å². The molecule has 1 aliphatic heterocycles. The van der Waals surface area contributed by atoms with E-state index in [0.717, 1.165) is 19.4 Å². The maximum Gasteiger partial charge on any atom is 0.328 e. The SMILES string of the molecule is N#Cc1cn([C@H]2CCCNC2)c(=O)[nH]c1=O. The van der Waals surface area contributed by atoms with Gasteiger partial charge in [0.2, 0.25) is 0 Å². The van der Waals surface area contributed by atoms with Crippen LogP contribution in [0.15, 0.2) is 15.8 Å². The Balaban J connectivity index is 2.44. The minimum absolute atomic E-state index is 0.0187. The van der Waals surface area contributed by atoms with Crippen molar-refractivity contribution in [1.29, 1.82) is 5.26 Å². The first-order valence-corrected chi connectivity index (χ1v) is 5.18. The fourth-order valence-electron chi connectivity index (χ4n) is 1.91.